The highest BCUT2D eigenvalue weighted by Crippen LogP contribution is 2.55. The number of nitrogens with zero attached hydrogens (tertiary/aromatic N) is 2. The van der Waals surface area contributed by atoms with Crippen molar-refractivity contribution in [3.63, 3.8) is 0 Å². The first-order valence-electron chi connectivity index (χ1n) is 13.0. The molecule has 1 aliphatic carbocycles. The molecule has 0 bridgehead atoms. The normalized spacial score (nSPS) is 13.8. The van der Waals surface area contributed by atoms with Gasteiger partial charge in [0.05, 0.1) is 47.8 Å². The highest BCUT2D eigenvalue weighted by Gasteiger charge is 2.48. The Morgan fingerprint density at radius 3 is 1.60 bits per heavy atom. The molecule has 2 aromatic heterocycles. The number of fused-ring (bicyclic) bond motifs is 3. The Morgan fingerprint density at radius 2 is 1.12 bits per heavy atom. The fourth-order valence-corrected chi connectivity index (χ4v) is 5.72. The van der Waals surface area contributed by atoms with E-state index in [0.29, 0.717) is 40.6 Å². The molecule has 0 N–H and O–H groups in total. The number of aromatic nitrogens is 2. The van der Waals surface area contributed by atoms with Gasteiger partial charge in [0.25, 0.3) is 0 Å². The molecular formula is C33H22F6N2O2. The van der Waals surface area contributed by atoms with Crippen LogP contribution in [0.1, 0.15) is 33.4 Å². The van der Waals surface area contributed by atoms with Crippen molar-refractivity contribution in [3.8, 4) is 34.1 Å². The van der Waals surface area contributed by atoms with Crippen molar-refractivity contribution in [2.45, 2.75) is 17.8 Å². The molecule has 10 heteroatoms. The van der Waals surface area contributed by atoms with Crippen LogP contribution in [-0.4, -0.2) is 24.2 Å². The molecule has 0 radical (unpaired) electrons. The Labute approximate surface area is 242 Å². The van der Waals surface area contributed by atoms with Crippen LogP contribution in [0, 0.1) is 0 Å². The molecule has 0 fully saturated rings. The fraction of sp³-hybridized carbons (Fsp3) is 0.152. The molecular weight excluding hydrogens is 570 g/mol. The number of hydrogen-bond acceptors (Lipinski definition) is 4. The smallest absolute Gasteiger partial charge is 0.416 e. The van der Waals surface area contributed by atoms with Gasteiger partial charge < -0.3 is 9.47 Å². The summed E-state index contributed by atoms with van der Waals surface area (Å²) in [5.41, 5.74) is -0.241. The third kappa shape index (κ3) is 4.67. The molecule has 5 aromatic rings. The lowest BCUT2D eigenvalue weighted by molar-refractivity contribution is -0.143. The van der Waals surface area contributed by atoms with Crippen LogP contribution in [0.5, 0.6) is 11.5 Å². The minimum absolute atomic E-state index is 0.0489. The summed E-state index contributed by atoms with van der Waals surface area (Å²) in [6.07, 6.45) is -8.40. The lowest BCUT2D eigenvalue weighted by Gasteiger charge is -2.33. The van der Waals surface area contributed by atoms with Gasteiger partial charge in [-0.3, -0.25) is 4.98 Å². The van der Waals surface area contributed by atoms with E-state index in [1.165, 1.54) is 6.07 Å². The minimum Gasteiger partial charge on any atom is -0.497 e. The zero-order valence-electron chi connectivity index (χ0n) is 22.7. The third-order valence-corrected chi connectivity index (χ3v) is 7.66. The van der Waals surface area contributed by atoms with Gasteiger partial charge in [0, 0.05) is 11.8 Å². The second-order valence-electron chi connectivity index (χ2n) is 9.99. The van der Waals surface area contributed by atoms with E-state index in [1.807, 2.05) is 54.6 Å². The average Bonchev–Trinajstić information content (AvgIpc) is 3.30. The molecule has 218 valence electrons. The molecule has 0 unspecified atom stereocenters. The predicted octanol–water partition coefficient (Wildman–Crippen LogP) is 8.56. The Bertz CT molecular complexity index is 1730. The van der Waals surface area contributed by atoms with E-state index in [4.69, 9.17) is 9.47 Å². The van der Waals surface area contributed by atoms with E-state index < -0.39 is 28.9 Å². The lowest BCUT2D eigenvalue weighted by atomic mass is 9.68. The maximum Gasteiger partial charge on any atom is 0.416 e. The maximum atomic E-state index is 13.6. The number of methoxy groups -OCH3 is 2. The van der Waals surface area contributed by atoms with Gasteiger partial charge in [-0.25, -0.2) is 4.98 Å². The van der Waals surface area contributed by atoms with Crippen LogP contribution in [0.2, 0.25) is 0 Å². The Kier molecular flexibility index (Phi) is 6.67. The SMILES string of the molecule is COc1ccc(C2(c3ccc(OC)cc3)c3cccnc3-c3nc(-c4cc(C(F)(F)F)cc(C(F)(F)F)c4)ccc32)cc1. The summed E-state index contributed by atoms with van der Waals surface area (Å²) in [5.74, 6) is 1.27. The van der Waals surface area contributed by atoms with Gasteiger partial charge >= 0.3 is 12.4 Å². The largest absolute Gasteiger partial charge is 0.497 e. The van der Waals surface area contributed by atoms with Crippen LogP contribution in [0.3, 0.4) is 0 Å². The first-order chi connectivity index (χ1) is 20.5. The summed E-state index contributed by atoms with van der Waals surface area (Å²) in [7, 11) is 3.11. The molecule has 4 nitrogen and oxygen atoms in total. The van der Waals surface area contributed by atoms with Crippen molar-refractivity contribution in [2.24, 2.45) is 0 Å². The number of pyridine rings is 2. The molecule has 0 aliphatic heterocycles. The molecule has 0 atom stereocenters. The first kappa shape index (κ1) is 28.3. The third-order valence-electron chi connectivity index (χ3n) is 7.66. The van der Waals surface area contributed by atoms with E-state index in [1.54, 1.807) is 32.5 Å². The van der Waals surface area contributed by atoms with Gasteiger partial charge in [-0.1, -0.05) is 36.4 Å². The van der Waals surface area contributed by atoms with Crippen LogP contribution in [-0.2, 0) is 17.8 Å². The van der Waals surface area contributed by atoms with Gasteiger partial charge in [0.15, 0.2) is 0 Å². The second kappa shape index (κ2) is 10.1. The number of benzene rings is 3. The van der Waals surface area contributed by atoms with Crippen molar-refractivity contribution in [1.29, 1.82) is 0 Å². The quantitative estimate of drug-likeness (QED) is 0.188. The van der Waals surface area contributed by atoms with E-state index in [9.17, 15) is 26.3 Å². The number of alkyl halides is 6. The molecule has 3 aromatic carbocycles. The topological polar surface area (TPSA) is 44.2 Å². The molecule has 0 saturated heterocycles. The zero-order valence-corrected chi connectivity index (χ0v) is 22.7. The van der Waals surface area contributed by atoms with Crippen LogP contribution in [0.4, 0.5) is 26.3 Å². The Morgan fingerprint density at radius 1 is 0.605 bits per heavy atom. The standard InChI is InChI=1S/C33H22F6N2O2/c1-42-24-9-5-20(6-10-24)31(21-7-11-25(43-2)12-8-21)26-4-3-15-40-29(26)30-27(31)13-14-28(41-30)19-16-22(32(34,35)36)18-23(17-19)33(37,38)39/h3-18H,1-2H3. The van der Waals surface area contributed by atoms with Crippen LogP contribution >= 0.6 is 0 Å². The Balaban J connectivity index is 1.64. The molecule has 2 heterocycles. The van der Waals surface area contributed by atoms with Gasteiger partial charge in [-0.15, -0.1) is 0 Å². The summed E-state index contributed by atoms with van der Waals surface area (Å²) in [5, 5.41) is 0. The second-order valence-corrected chi connectivity index (χ2v) is 9.99. The van der Waals surface area contributed by atoms with E-state index in [-0.39, 0.29) is 17.3 Å². The maximum absolute atomic E-state index is 13.6. The highest BCUT2D eigenvalue weighted by molar-refractivity contribution is 5.83. The van der Waals surface area contributed by atoms with Crippen molar-refractivity contribution < 1.29 is 35.8 Å². The van der Waals surface area contributed by atoms with Crippen molar-refractivity contribution in [1.82, 2.24) is 9.97 Å². The zero-order chi connectivity index (χ0) is 30.6. The minimum atomic E-state index is -4.99. The lowest BCUT2D eigenvalue weighted by Crippen LogP contribution is -2.28. The van der Waals surface area contributed by atoms with Crippen LogP contribution in [0.15, 0.2) is 97.2 Å². The summed E-state index contributed by atoms with van der Waals surface area (Å²) in [6.45, 7) is 0. The van der Waals surface area contributed by atoms with Gasteiger partial charge in [0.2, 0.25) is 0 Å². The van der Waals surface area contributed by atoms with Crippen LogP contribution in [0.25, 0.3) is 22.6 Å². The predicted molar refractivity (Wildman–Crippen MR) is 148 cm³/mol. The Hall–Kier alpha value is -4.86. The average molecular weight is 593 g/mol. The van der Waals surface area contributed by atoms with Gasteiger partial charge in [-0.05, 0) is 76.9 Å². The molecule has 1 aliphatic rings. The molecule has 0 amide bonds. The van der Waals surface area contributed by atoms with E-state index >= 15 is 0 Å². The molecule has 43 heavy (non-hydrogen) atoms. The van der Waals surface area contributed by atoms with Crippen molar-refractivity contribution in [2.75, 3.05) is 14.2 Å². The van der Waals surface area contributed by atoms with Gasteiger partial charge in [0.1, 0.15) is 11.5 Å². The fourth-order valence-electron chi connectivity index (χ4n) is 5.72. The number of halogens is 6. The summed E-state index contributed by atoms with van der Waals surface area (Å²) < 4.78 is 92.6. The number of hydrogen-bond donors (Lipinski definition) is 0. The van der Waals surface area contributed by atoms with Crippen molar-refractivity contribution in [3.05, 3.63) is 131 Å². The number of ether oxygens (including phenoxy) is 2. The summed E-state index contributed by atoms with van der Waals surface area (Å²) in [4.78, 5) is 9.27. The first-order valence-corrected chi connectivity index (χ1v) is 13.0. The highest BCUT2D eigenvalue weighted by atomic mass is 19.4. The summed E-state index contributed by atoms with van der Waals surface area (Å²) >= 11 is 0. The molecule has 0 saturated carbocycles. The molecule has 6 rings (SSSR count). The van der Waals surface area contributed by atoms with E-state index in [2.05, 4.69) is 9.97 Å². The van der Waals surface area contributed by atoms with E-state index in [0.717, 1.165) is 16.7 Å². The molecule has 0 spiro atoms. The van der Waals surface area contributed by atoms with Gasteiger partial charge in [-0.2, -0.15) is 26.3 Å². The monoisotopic (exact) mass is 592 g/mol. The number of rotatable bonds is 5. The van der Waals surface area contributed by atoms with Crippen LogP contribution < -0.4 is 9.47 Å². The summed E-state index contributed by atoms with van der Waals surface area (Å²) in [6, 6.07) is 23.2. The van der Waals surface area contributed by atoms with Crippen molar-refractivity contribution >= 4 is 0 Å².